The molecule has 32 heavy (non-hydrogen) atoms. The number of phosphoric ester groups is 1. The summed E-state index contributed by atoms with van der Waals surface area (Å²) in [6.07, 6.45) is -4.69. The van der Waals surface area contributed by atoms with E-state index in [1.807, 2.05) is 0 Å². The highest BCUT2D eigenvalue weighted by molar-refractivity contribution is 7.51. The minimum absolute atomic E-state index is 0.00405. The Morgan fingerprint density at radius 3 is 2.47 bits per heavy atom. The van der Waals surface area contributed by atoms with Gasteiger partial charge in [-0.1, -0.05) is 0 Å². The van der Waals surface area contributed by atoms with Crippen molar-refractivity contribution in [2.45, 2.75) is 30.6 Å². The molecule has 1 aliphatic heterocycles. The highest BCUT2D eigenvalue weighted by atomic mass is 31.2. The van der Waals surface area contributed by atoms with E-state index >= 15 is 0 Å². The lowest BCUT2D eigenvalue weighted by atomic mass is 10.1. The van der Waals surface area contributed by atoms with Crippen molar-refractivity contribution in [1.82, 2.24) is 19.5 Å². The number of rotatable bonds is 9. The fourth-order valence-corrected chi connectivity index (χ4v) is 4.06. The van der Waals surface area contributed by atoms with Crippen LogP contribution in [0, 0.1) is 0 Å². The van der Waals surface area contributed by atoms with E-state index in [-0.39, 0.29) is 17.0 Å². The minimum Gasteiger partial charge on any atom is -0.480 e. The van der Waals surface area contributed by atoms with E-state index in [0.717, 1.165) is 17.2 Å². The Morgan fingerprint density at radius 2 is 1.88 bits per heavy atom. The third-order valence-electron chi connectivity index (χ3n) is 4.41. The van der Waals surface area contributed by atoms with Crippen molar-refractivity contribution in [2.24, 2.45) is 0 Å². The number of aromatic nitrogens is 4. The van der Waals surface area contributed by atoms with Gasteiger partial charge in [0.1, 0.15) is 30.7 Å². The number of aliphatic carboxylic acids is 1. The lowest BCUT2D eigenvalue weighted by molar-refractivity contribution is -0.137. The fourth-order valence-electron chi connectivity index (χ4n) is 3.00. The first kappa shape index (κ1) is 24.6. The highest BCUT2D eigenvalue weighted by Gasteiger charge is 2.45. The molecule has 19 heteroatoms. The van der Waals surface area contributed by atoms with Gasteiger partial charge in [0.15, 0.2) is 23.2 Å². The minimum atomic E-state index is -4.85. The molecule has 5 atom stereocenters. The zero-order valence-corrected chi connectivity index (χ0v) is 17.6. The average molecular weight is 499 g/mol. The number of imidazole rings is 1. The summed E-state index contributed by atoms with van der Waals surface area (Å²) < 4.78 is 33.0. The fraction of sp³-hybridized carbons (Fsp3) is 0.538. The molecule has 2 aromatic heterocycles. The van der Waals surface area contributed by atoms with Crippen molar-refractivity contribution < 1.29 is 58.1 Å². The van der Waals surface area contributed by atoms with E-state index in [2.05, 4.69) is 24.8 Å². The molecule has 0 bridgehead atoms. The number of aliphatic hydroxyl groups is 2. The summed E-state index contributed by atoms with van der Waals surface area (Å²) in [5, 5.41) is 32.0. The van der Waals surface area contributed by atoms with Crippen LogP contribution in [0.5, 0.6) is 0 Å². The summed E-state index contributed by atoms with van der Waals surface area (Å²) in [6.45, 7) is -0.726. The molecular weight excluding hydrogens is 480 g/mol. The Bertz CT molecular complexity index is 1080. The van der Waals surface area contributed by atoms with Gasteiger partial charge in [-0.15, -0.1) is 0 Å². The molecule has 1 aliphatic rings. The molecule has 3 rings (SSSR count). The van der Waals surface area contributed by atoms with Crippen LogP contribution in [0.2, 0.25) is 0 Å². The number of carboxylic acid groups (broad SMARTS) is 1. The zero-order valence-electron chi connectivity index (χ0n) is 15.8. The summed E-state index contributed by atoms with van der Waals surface area (Å²) in [4.78, 5) is 58.9. The standard InChI is InChI=1S/C13H19N5O12P2/c19-8-6(1-29-32(26,27)28)30-12(9(8)20)18-4-16-7-10(14-3-15-11(7)18)17-5(13(21)22)2-31(23,24)25/h3-6,8-9,12,19-20H,1-2H2,(H,21,22)(H,14,15,17)(H2,23,24,25)(H2,26,27,28)/t5-,6+,8-,9+,12+/m0/s1. The van der Waals surface area contributed by atoms with Crippen LogP contribution < -0.4 is 5.32 Å². The van der Waals surface area contributed by atoms with E-state index in [1.54, 1.807) is 0 Å². The Morgan fingerprint density at radius 1 is 1.19 bits per heavy atom. The third kappa shape index (κ3) is 5.65. The first-order valence-corrected chi connectivity index (χ1v) is 12.0. The molecule has 0 unspecified atom stereocenters. The van der Waals surface area contributed by atoms with Gasteiger partial charge in [-0.05, 0) is 0 Å². The first-order chi connectivity index (χ1) is 14.8. The maximum Gasteiger partial charge on any atom is 0.469 e. The van der Waals surface area contributed by atoms with E-state index in [4.69, 9.17) is 24.3 Å². The number of carboxylic acids is 1. The molecule has 3 heterocycles. The second-order valence-corrected chi connectivity index (χ2v) is 9.70. The first-order valence-electron chi connectivity index (χ1n) is 8.70. The molecule has 0 aromatic carbocycles. The van der Waals surface area contributed by atoms with Gasteiger partial charge in [0.25, 0.3) is 0 Å². The maximum absolute atomic E-state index is 11.4. The highest BCUT2D eigenvalue weighted by Crippen LogP contribution is 2.39. The van der Waals surface area contributed by atoms with E-state index in [0.29, 0.717) is 0 Å². The van der Waals surface area contributed by atoms with Crippen LogP contribution in [0.25, 0.3) is 11.2 Å². The van der Waals surface area contributed by atoms with Crippen LogP contribution in [0.1, 0.15) is 6.23 Å². The van der Waals surface area contributed by atoms with Crippen LogP contribution >= 0.6 is 15.4 Å². The zero-order chi connectivity index (χ0) is 23.8. The van der Waals surface area contributed by atoms with Crippen molar-refractivity contribution >= 4 is 38.4 Å². The molecule has 0 amide bonds. The topological polar surface area (TPSA) is 267 Å². The predicted molar refractivity (Wildman–Crippen MR) is 101 cm³/mol. The molecule has 1 fully saturated rings. The van der Waals surface area contributed by atoms with Crippen LogP contribution in [-0.2, 0) is 23.2 Å². The largest absolute Gasteiger partial charge is 0.480 e. The van der Waals surface area contributed by atoms with Gasteiger partial charge in [0, 0.05) is 0 Å². The summed E-state index contributed by atoms with van der Waals surface area (Å²) >= 11 is 0. The number of hydrogen-bond donors (Lipinski definition) is 8. The third-order valence-corrected chi connectivity index (χ3v) is 5.73. The number of hydrogen-bond acceptors (Lipinski definition) is 11. The van der Waals surface area contributed by atoms with Gasteiger partial charge >= 0.3 is 21.4 Å². The molecule has 0 radical (unpaired) electrons. The maximum atomic E-state index is 11.4. The summed E-state index contributed by atoms with van der Waals surface area (Å²) in [6, 6.07) is -1.71. The Hall–Kier alpha value is -2.04. The number of nitrogens with one attached hydrogen (secondary N) is 1. The summed E-state index contributed by atoms with van der Waals surface area (Å²) in [5.41, 5.74) is -0.0414. The summed E-state index contributed by atoms with van der Waals surface area (Å²) in [5.74, 6) is -1.73. The molecular formula is C13H19N5O12P2. The Balaban J connectivity index is 1.86. The van der Waals surface area contributed by atoms with Gasteiger partial charge in [0.2, 0.25) is 0 Å². The number of nitrogens with zero attached hydrogens (tertiary/aromatic N) is 4. The van der Waals surface area contributed by atoms with Gasteiger partial charge < -0.3 is 44.9 Å². The van der Waals surface area contributed by atoms with E-state index in [9.17, 15) is 29.2 Å². The molecule has 178 valence electrons. The smallest absolute Gasteiger partial charge is 0.469 e. The van der Waals surface area contributed by atoms with E-state index in [1.165, 1.54) is 0 Å². The van der Waals surface area contributed by atoms with Crippen molar-refractivity contribution in [2.75, 3.05) is 18.1 Å². The lowest BCUT2D eigenvalue weighted by Gasteiger charge is -2.17. The second kappa shape index (κ2) is 9.07. The number of aliphatic hydroxyl groups excluding tert-OH is 2. The number of ether oxygens (including phenoxy) is 1. The van der Waals surface area contributed by atoms with E-state index < -0.39 is 64.7 Å². The van der Waals surface area contributed by atoms with Crippen molar-refractivity contribution in [3.63, 3.8) is 0 Å². The molecule has 0 spiro atoms. The summed E-state index contributed by atoms with van der Waals surface area (Å²) in [7, 11) is -9.54. The van der Waals surface area contributed by atoms with Gasteiger partial charge in [-0.25, -0.2) is 24.3 Å². The van der Waals surface area contributed by atoms with Crippen LogP contribution in [0.3, 0.4) is 0 Å². The van der Waals surface area contributed by atoms with Crippen molar-refractivity contribution in [3.8, 4) is 0 Å². The number of carbonyl (C=O) groups is 1. The molecule has 8 N–H and O–H groups in total. The molecule has 1 saturated heterocycles. The van der Waals surface area contributed by atoms with Gasteiger partial charge in [-0.3, -0.25) is 13.7 Å². The quantitative estimate of drug-likeness (QED) is 0.167. The van der Waals surface area contributed by atoms with Crippen LogP contribution in [0.15, 0.2) is 12.7 Å². The molecule has 2 aromatic rings. The normalized spacial score (nSPS) is 25.2. The molecule has 17 nitrogen and oxygen atoms in total. The predicted octanol–water partition coefficient (Wildman–Crippen LogP) is -2.40. The van der Waals surface area contributed by atoms with Crippen molar-refractivity contribution in [1.29, 1.82) is 0 Å². The SMILES string of the molecule is O=C(O)[C@H](CP(=O)(O)O)Nc1ncnc2c1ncn2[C@@H]1O[C@H](COP(=O)(O)O)[C@H](O)[C@H]1O. The monoisotopic (exact) mass is 499 g/mol. The number of anilines is 1. The Labute approximate surface area is 178 Å². The van der Waals surface area contributed by atoms with Gasteiger partial charge in [-0.2, -0.15) is 0 Å². The van der Waals surface area contributed by atoms with Crippen LogP contribution in [-0.4, -0.2) is 97.5 Å². The Kier molecular flexibility index (Phi) is 6.97. The second-order valence-electron chi connectivity index (χ2n) is 6.76. The average Bonchev–Trinajstić information content (AvgIpc) is 3.20. The molecule has 0 aliphatic carbocycles. The van der Waals surface area contributed by atoms with Crippen molar-refractivity contribution in [3.05, 3.63) is 12.7 Å². The van der Waals surface area contributed by atoms with Crippen LogP contribution in [0.4, 0.5) is 5.82 Å². The number of phosphoric acid groups is 1. The van der Waals surface area contributed by atoms with Gasteiger partial charge in [0.05, 0.1) is 19.1 Å². The lowest BCUT2D eigenvalue weighted by Crippen LogP contribution is -2.33. The molecule has 0 saturated carbocycles. The number of fused-ring (bicyclic) bond motifs is 1.